The van der Waals surface area contributed by atoms with E-state index in [0.717, 1.165) is 11.4 Å². The summed E-state index contributed by atoms with van der Waals surface area (Å²) < 4.78 is 1.68. The molecule has 0 aliphatic carbocycles. The molecule has 3 rings (SSSR count). The van der Waals surface area contributed by atoms with Gasteiger partial charge in [-0.05, 0) is 38.1 Å². The van der Waals surface area contributed by atoms with E-state index >= 15 is 0 Å². The van der Waals surface area contributed by atoms with E-state index in [1.807, 2.05) is 19.9 Å². The first-order chi connectivity index (χ1) is 11.9. The van der Waals surface area contributed by atoms with Gasteiger partial charge in [0.05, 0.1) is 5.69 Å². The van der Waals surface area contributed by atoms with Crippen LogP contribution in [0.2, 0.25) is 10.0 Å². The van der Waals surface area contributed by atoms with Crippen LogP contribution >= 0.6 is 23.2 Å². The maximum absolute atomic E-state index is 12.1. The minimum atomic E-state index is -0.476. The van der Waals surface area contributed by atoms with Gasteiger partial charge in [0, 0.05) is 27.5 Å². The van der Waals surface area contributed by atoms with Crippen molar-refractivity contribution in [2.24, 2.45) is 0 Å². The summed E-state index contributed by atoms with van der Waals surface area (Å²) in [6, 6.07) is 7.85. The molecule has 0 aliphatic heterocycles. The SMILES string of the molecule is Cc1cc(C)n(-c2cc(NC(=O)Nc3cc(Cl)cc(Cl)c3)ncn2)n1. The number of benzene rings is 1. The second-order valence-corrected chi connectivity index (χ2v) is 6.21. The number of carbonyl (C=O) groups is 1. The van der Waals surface area contributed by atoms with Crippen molar-refractivity contribution in [3.8, 4) is 5.82 Å². The van der Waals surface area contributed by atoms with Gasteiger partial charge in [0.1, 0.15) is 12.1 Å². The van der Waals surface area contributed by atoms with Crippen molar-refractivity contribution in [3.63, 3.8) is 0 Å². The number of anilines is 2. The lowest BCUT2D eigenvalue weighted by Crippen LogP contribution is -2.20. The molecule has 2 amide bonds. The molecule has 0 atom stereocenters. The summed E-state index contributed by atoms with van der Waals surface area (Å²) in [7, 11) is 0. The van der Waals surface area contributed by atoms with Crippen LogP contribution in [0, 0.1) is 13.8 Å². The number of aromatic nitrogens is 4. The molecule has 2 heterocycles. The van der Waals surface area contributed by atoms with Crippen LogP contribution in [-0.4, -0.2) is 25.8 Å². The second-order valence-electron chi connectivity index (χ2n) is 5.34. The monoisotopic (exact) mass is 376 g/mol. The van der Waals surface area contributed by atoms with Gasteiger partial charge in [0.2, 0.25) is 0 Å². The fraction of sp³-hybridized carbons (Fsp3) is 0.125. The fourth-order valence-electron chi connectivity index (χ4n) is 2.30. The van der Waals surface area contributed by atoms with Crippen molar-refractivity contribution in [1.82, 2.24) is 19.7 Å². The third-order valence-electron chi connectivity index (χ3n) is 3.24. The molecule has 7 nitrogen and oxygen atoms in total. The molecule has 128 valence electrons. The van der Waals surface area contributed by atoms with Crippen molar-refractivity contribution >= 4 is 40.7 Å². The van der Waals surface area contributed by atoms with Gasteiger partial charge in [-0.25, -0.2) is 19.4 Å². The van der Waals surface area contributed by atoms with Gasteiger partial charge in [-0.1, -0.05) is 23.2 Å². The second kappa shape index (κ2) is 7.08. The van der Waals surface area contributed by atoms with Crippen LogP contribution in [-0.2, 0) is 0 Å². The van der Waals surface area contributed by atoms with E-state index in [2.05, 4.69) is 25.7 Å². The molecule has 25 heavy (non-hydrogen) atoms. The summed E-state index contributed by atoms with van der Waals surface area (Å²) >= 11 is 11.8. The molecule has 0 spiro atoms. The molecule has 0 saturated heterocycles. The highest BCUT2D eigenvalue weighted by molar-refractivity contribution is 6.35. The summed E-state index contributed by atoms with van der Waals surface area (Å²) in [5.41, 5.74) is 2.28. The predicted octanol–water partition coefficient (Wildman–Crippen LogP) is 4.23. The topological polar surface area (TPSA) is 84.7 Å². The van der Waals surface area contributed by atoms with E-state index in [-0.39, 0.29) is 0 Å². The summed E-state index contributed by atoms with van der Waals surface area (Å²) in [4.78, 5) is 20.4. The largest absolute Gasteiger partial charge is 0.324 e. The fourth-order valence-corrected chi connectivity index (χ4v) is 2.82. The molecule has 1 aromatic carbocycles. The maximum atomic E-state index is 12.1. The minimum Gasteiger partial charge on any atom is -0.308 e. The van der Waals surface area contributed by atoms with Crippen LogP contribution in [0.3, 0.4) is 0 Å². The molecule has 0 unspecified atom stereocenters. The Morgan fingerprint density at radius 1 is 1.00 bits per heavy atom. The quantitative estimate of drug-likeness (QED) is 0.715. The molecule has 2 aromatic heterocycles. The smallest absolute Gasteiger partial charge is 0.308 e. The molecular weight excluding hydrogens is 363 g/mol. The standard InChI is InChI=1S/C16H14Cl2N6O/c1-9-3-10(2)24(23-9)15-7-14(19-8-20-15)22-16(25)21-13-5-11(17)4-12(18)6-13/h3-8H,1-2H3,(H2,19,20,21,22,25). The molecule has 3 aromatic rings. The lowest BCUT2D eigenvalue weighted by molar-refractivity contribution is 0.262. The third kappa shape index (κ3) is 4.26. The Balaban J connectivity index is 1.75. The number of carbonyl (C=O) groups excluding carboxylic acids is 1. The van der Waals surface area contributed by atoms with Gasteiger partial charge in [-0.2, -0.15) is 5.10 Å². The number of hydrogen-bond acceptors (Lipinski definition) is 4. The normalized spacial score (nSPS) is 10.6. The first kappa shape index (κ1) is 17.2. The van der Waals surface area contributed by atoms with E-state index in [1.54, 1.807) is 28.9 Å². The van der Waals surface area contributed by atoms with Gasteiger partial charge in [-0.15, -0.1) is 0 Å². The number of urea groups is 1. The molecule has 0 fully saturated rings. The Labute approximate surface area is 154 Å². The summed E-state index contributed by atoms with van der Waals surface area (Å²) in [5, 5.41) is 10.5. The van der Waals surface area contributed by atoms with Gasteiger partial charge in [0.15, 0.2) is 5.82 Å². The number of aryl methyl sites for hydroxylation is 2. The third-order valence-corrected chi connectivity index (χ3v) is 3.68. The van der Waals surface area contributed by atoms with Crippen molar-refractivity contribution in [3.05, 3.63) is 58.1 Å². The number of amides is 2. The van der Waals surface area contributed by atoms with Crippen LogP contribution in [0.15, 0.2) is 36.7 Å². The first-order valence-corrected chi connectivity index (χ1v) is 8.06. The zero-order valence-electron chi connectivity index (χ0n) is 13.4. The molecular formula is C16H14Cl2N6O. The predicted molar refractivity (Wildman–Crippen MR) is 97.7 cm³/mol. The maximum Gasteiger partial charge on any atom is 0.324 e. The van der Waals surface area contributed by atoms with Crippen LogP contribution in [0.5, 0.6) is 0 Å². The Bertz CT molecular complexity index is 920. The number of halogens is 2. The molecule has 0 aliphatic rings. The van der Waals surface area contributed by atoms with E-state index in [0.29, 0.717) is 27.4 Å². The highest BCUT2D eigenvalue weighted by Gasteiger charge is 2.09. The van der Waals surface area contributed by atoms with E-state index < -0.39 is 6.03 Å². The van der Waals surface area contributed by atoms with Crippen LogP contribution in [0.25, 0.3) is 5.82 Å². The van der Waals surface area contributed by atoms with Crippen molar-refractivity contribution in [2.45, 2.75) is 13.8 Å². The zero-order valence-corrected chi connectivity index (χ0v) is 14.9. The van der Waals surface area contributed by atoms with E-state index in [1.165, 1.54) is 6.33 Å². The van der Waals surface area contributed by atoms with E-state index in [9.17, 15) is 4.79 Å². The highest BCUT2D eigenvalue weighted by atomic mass is 35.5. The number of nitrogens with one attached hydrogen (secondary N) is 2. The van der Waals surface area contributed by atoms with Gasteiger partial charge in [-0.3, -0.25) is 5.32 Å². The van der Waals surface area contributed by atoms with Crippen LogP contribution < -0.4 is 10.6 Å². The first-order valence-electron chi connectivity index (χ1n) is 7.30. The van der Waals surface area contributed by atoms with Gasteiger partial charge >= 0.3 is 6.03 Å². The van der Waals surface area contributed by atoms with Crippen molar-refractivity contribution in [2.75, 3.05) is 10.6 Å². The van der Waals surface area contributed by atoms with Crippen molar-refractivity contribution in [1.29, 1.82) is 0 Å². The average molecular weight is 377 g/mol. The minimum absolute atomic E-state index is 0.336. The number of nitrogens with zero attached hydrogens (tertiary/aromatic N) is 4. The van der Waals surface area contributed by atoms with Gasteiger partial charge in [0.25, 0.3) is 0 Å². The lowest BCUT2D eigenvalue weighted by atomic mass is 10.3. The zero-order chi connectivity index (χ0) is 18.0. The average Bonchev–Trinajstić information content (AvgIpc) is 2.85. The van der Waals surface area contributed by atoms with Gasteiger partial charge < -0.3 is 5.32 Å². The molecule has 0 saturated carbocycles. The molecule has 9 heteroatoms. The summed E-state index contributed by atoms with van der Waals surface area (Å²) in [5.74, 6) is 0.893. The van der Waals surface area contributed by atoms with E-state index in [4.69, 9.17) is 23.2 Å². The Kier molecular flexibility index (Phi) is 4.87. The molecule has 0 bridgehead atoms. The summed E-state index contributed by atoms with van der Waals surface area (Å²) in [6.45, 7) is 3.82. The lowest BCUT2D eigenvalue weighted by Gasteiger charge is -2.09. The number of rotatable bonds is 3. The van der Waals surface area contributed by atoms with Crippen molar-refractivity contribution < 1.29 is 4.79 Å². The molecule has 2 N–H and O–H groups in total. The van der Waals surface area contributed by atoms with Crippen LogP contribution in [0.4, 0.5) is 16.3 Å². The Hall–Kier alpha value is -2.64. The Morgan fingerprint density at radius 3 is 2.36 bits per heavy atom. The summed E-state index contributed by atoms with van der Waals surface area (Å²) in [6.07, 6.45) is 1.36. The molecule has 0 radical (unpaired) electrons. The Morgan fingerprint density at radius 2 is 1.72 bits per heavy atom. The highest BCUT2D eigenvalue weighted by Crippen LogP contribution is 2.22. The van der Waals surface area contributed by atoms with Crippen LogP contribution in [0.1, 0.15) is 11.4 Å². The number of hydrogen-bond donors (Lipinski definition) is 2.